The summed E-state index contributed by atoms with van der Waals surface area (Å²) in [5, 5.41) is 9.01. The Hall–Kier alpha value is -1.21. The van der Waals surface area contributed by atoms with Crippen LogP contribution >= 0.6 is 0 Å². The average Bonchev–Trinajstić information content (AvgIpc) is 2.29. The predicted molar refractivity (Wildman–Crippen MR) is 45.0 cm³/mol. The van der Waals surface area contributed by atoms with Crippen molar-refractivity contribution >= 4 is 0 Å². The fourth-order valence-corrected chi connectivity index (χ4v) is 1.15. The molecule has 1 aromatic rings. The zero-order valence-electron chi connectivity index (χ0n) is 7.91. The van der Waals surface area contributed by atoms with Crippen LogP contribution in [0.2, 0.25) is 0 Å². The van der Waals surface area contributed by atoms with Gasteiger partial charge < -0.3 is 10.8 Å². The highest BCUT2D eigenvalue weighted by Gasteiger charge is 2.26. The van der Waals surface area contributed by atoms with Gasteiger partial charge in [-0.3, -0.25) is 0 Å². The second-order valence-electron chi connectivity index (χ2n) is 3.14. The number of aliphatic hydroxyl groups is 1. The Morgan fingerprint density at radius 2 is 1.25 bits per heavy atom. The van der Waals surface area contributed by atoms with Crippen molar-refractivity contribution in [1.82, 2.24) is 0 Å². The van der Waals surface area contributed by atoms with Gasteiger partial charge in [-0.2, -0.15) is 0 Å². The highest BCUT2D eigenvalue weighted by Crippen LogP contribution is 2.23. The Kier molecular flexibility index (Phi) is 3.82. The number of nitrogens with two attached hydrogens (primary N) is 1. The van der Waals surface area contributed by atoms with Crippen molar-refractivity contribution in [3.8, 4) is 0 Å². The molecule has 0 aliphatic heterocycles. The highest BCUT2D eigenvalue weighted by molar-refractivity contribution is 5.24. The van der Waals surface area contributed by atoms with Gasteiger partial charge in [0.05, 0.1) is 6.10 Å². The normalized spacial score (nSPS) is 12.9. The quantitative estimate of drug-likeness (QED) is 0.475. The summed E-state index contributed by atoms with van der Waals surface area (Å²) in [6, 6.07) is 0. The molecule has 16 heavy (non-hydrogen) atoms. The maximum Gasteiger partial charge on any atom is 0.200 e. The minimum Gasteiger partial charge on any atom is -0.391 e. The number of hydrogen-bond acceptors (Lipinski definition) is 2. The lowest BCUT2D eigenvalue weighted by Gasteiger charge is -2.11. The third-order valence-corrected chi connectivity index (χ3v) is 2.01. The van der Waals surface area contributed by atoms with Crippen molar-refractivity contribution in [2.75, 3.05) is 6.54 Å². The molecule has 0 aliphatic rings. The van der Waals surface area contributed by atoms with Gasteiger partial charge in [0.2, 0.25) is 5.82 Å². The summed E-state index contributed by atoms with van der Waals surface area (Å²) in [5.74, 6) is -10.2. The number of benzene rings is 1. The monoisotopic (exact) mass is 241 g/mol. The first-order valence-corrected chi connectivity index (χ1v) is 4.28. The van der Waals surface area contributed by atoms with Crippen molar-refractivity contribution in [3.05, 3.63) is 34.6 Å². The molecule has 0 aromatic heterocycles. The summed E-state index contributed by atoms with van der Waals surface area (Å²) < 4.78 is 64.0. The van der Waals surface area contributed by atoms with E-state index in [1.807, 2.05) is 0 Å². The first kappa shape index (κ1) is 12.9. The maximum absolute atomic E-state index is 13.0. The molecule has 3 N–H and O–H groups in total. The molecule has 0 saturated heterocycles. The Balaban J connectivity index is 3.28. The van der Waals surface area contributed by atoms with E-state index in [2.05, 4.69) is 0 Å². The van der Waals surface area contributed by atoms with Crippen molar-refractivity contribution in [1.29, 1.82) is 0 Å². The molecule has 90 valence electrons. The molecule has 2 nitrogen and oxygen atoms in total. The summed E-state index contributed by atoms with van der Waals surface area (Å²) in [6.45, 7) is -0.348. The second kappa shape index (κ2) is 4.75. The van der Waals surface area contributed by atoms with Gasteiger partial charge in [-0.25, -0.2) is 22.0 Å². The lowest BCUT2D eigenvalue weighted by atomic mass is 10.1. The van der Waals surface area contributed by atoms with Crippen molar-refractivity contribution < 1.29 is 27.1 Å². The molecule has 1 aromatic carbocycles. The largest absolute Gasteiger partial charge is 0.391 e. The van der Waals surface area contributed by atoms with Gasteiger partial charge in [-0.1, -0.05) is 0 Å². The first-order valence-electron chi connectivity index (χ1n) is 4.28. The van der Waals surface area contributed by atoms with E-state index in [4.69, 9.17) is 10.8 Å². The lowest BCUT2D eigenvalue weighted by molar-refractivity contribution is 0.179. The summed E-state index contributed by atoms with van der Waals surface area (Å²) in [4.78, 5) is 0. The molecule has 0 heterocycles. The first-order chi connectivity index (χ1) is 7.40. The van der Waals surface area contributed by atoms with E-state index in [1.165, 1.54) is 0 Å². The molecular weight excluding hydrogens is 233 g/mol. The van der Waals surface area contributed by atoms with Crippen molar-refractivity contribution in [2.24, 2.45) is 5.73 Å². The SMILES string of the molecule is NCC(O)Cc1c(F)c(F)c(F)c(F)c1F. The molecule has 0 aliphatic carbocycles. The third-order valence-electron chi connectivity index (χ3n) is 2.01. The van der Waals surface area contributed by atoms with Gasteiger partial charge in [0.25, 0.3) is 0 Å². The summed E-state index contributed by atoms with van der Waals surface area (Å²) in [7, 11) is 0. The minimum atomic E-state index is -2.22. The molecule has 7 heteroatoms. The van der Waals surface area contributed by atoms with Gasteiger partial charge in [0.1, 0.15) is 0 Å². The van der Waals surface area contributed by atoms with Crippen LogP contribution in [-0.4, -0.2) is 17.8 Å². The Morgan fingerprint density at radius 3 is 1.62 bits per heavy atom. The Morgan fingerprint density at radius 1 is 0.875 bits per heavy atom. The van der Waals surface area contributed by atoms with Gasteiger partial charge in [-0.15, -0.1) is 0 Å². The molecule has 0 bridgehead atoms. The zero-order valence-corrected chi connectivity index (χ0v) is 7.91. The fourth-order valence-electron chi connectivity index (χ4n) is 1.15. The van der Waals surface area contributed by atoms with Crippen LogP contribution in [0.1, 0.15) is 5.56 Å². The molecule has 0 saturated carbocycles. The molecule has 1 rings (SSSR count). The molecule has 0 fully saturated rings. The van der Waals surface area contributed by atoms with Crippen LogP contribution in [0.25, 0.3) is 0 Å². The zero-order chi connectivity index (χ0) is 12.5. The number of hydrogen-bond donors (Lipinski definition) is 2. The number of rotatable bonds is 3. The van der Waals surface area contributed by atoms with E-state index in [0.717, 1.165) is 0 Å². The van der Waals surface area contributed by atoms with Crippen LogP contribution in [0.5, 0.6) is 0 Å². The Bertz CT molecular complexity index is 380. The summed E-state index contributed by atoms with van der Waals surface area (Å²) in [5.41, 5.74) is 3.91. The summed E-state index contributed by atoms with van der Waals surface area (Å²) in [6.07, 6.45) is -2.10. The summed E-state index contributed by atoms with van der Waals surface area (Å²) >= 11 is 0. The van der Waals surface area contributed by atoms with Gasteiger partial charge >= 0.3 is 0 Å². The predicted octanol–water partition coefficient (Wildman–Crippen LogP) is 1.24. The van der Waals surface area contributed by atoms with Crippen LogP contribution in [0, 0.1) is 29.1 Å². The smallest absolute Gasteiger partial charge is 0.200 e. The van der Waals surface area contributed by atoms with Gasteiger partial charge in [0.15, 0.2) is 23.3 Å². The van der Waals surface area contributed by atoms with Crippen LogP contribution in [0.15, 0.2) is 0 Å². The standard InChI is InChI=1S/C9H8F5NO/c10-5-4(1-3(16)2-15)6(11)8(13)9(14)7(5)12/h3,16H,1-2,15H2. The topological polar surface area (TPSA) is 46.2 Å². The molecule has 0 radical (unpaired) electrons. The third kappa shape index (κ3) is 2.14. The number of aliphatic hydroxyl groups excluding tert-OH is 1. The molecule has 1 unspecified atom stereocenters. The van der Waals surface area contributed by atoms with Gasteiger partial charge in [-0.05, 0) is 0 Å². The van der Waals surface area contributed by atoms with E-state index in [9.17, 15) is 22.0 Å². The highest BCUT2D eigenvalue weighted by atomic mass is 19.2. The molecule has 0 spiro atoms. The van der Waals surface area contributed by atoms with E-state index in [-0.39, 0.29) is 6.54 Å². The fraction of sp³-hybridized carbons (Fsp3) is 0.333. The molecule has 0 amide bonds. The Labute approximate surface area is 87.5 Å². The second-order valence-corrected chi connectivity index (χ2v) is 3.14. The van der Waals surface area contributed by atoms with Crippen LogP contribution < -0.4 is 5.73 Å². The maximum atomic E-state index is 13.0. The van der Waals surface area contributed by atoms with E-state index in [1.54, 1.807) is 0 Å². The van der Waals surface area contributed by atoms with Crippen LogP contribution in [0.4, 0.5) is 22.0 Å². The number of halogens is 5. The van der Waals surface area contributed by atoms with Gasteiger partial charge in [0, 0.05) is 18.5 Å². The van der Waals surface area contributed by atoms with E-state index >= 15 is 0 Å². The molecular formula is C9H8F5NO. The average molecular weight is 241 g/mol. The van der Waals surface area contributed by atoms with E-state index < -0.39 is 47.2 Å². The minimum absolute atomic E-state index is 0.348. The lowest BCUT2D eigenvalue weighted by Crippen LogP contribution is -2.24. The van der Waals surface area contributed by atoms with Crippen molar-refractivity contribution in [3.63, 3.8) is 0 Å². The van der Waals surface area contributed by atoms with E-state index in [0.29, 0.717) is 0 Å². The molecule has 1 atom stereocenters. The van der Waals surface area contributed by atoms with Crippen molar-refractivity contribution in [2.45, 2.75) is 12.5 Å². The van der Waals surface area contributed by atoms with Crippen LogP contribution in [-0.2, 0) is 6.42 Å². The van der Waals surface area contributed by atoms with Crippen LogP contribution in [0.3, 0.4) is 0 Å².